The van der Waals surface area contributed by atoms with E-state index in [4.69, 9.17) is 4.74 Å². The number of amides is 3. The Hall–Kier alpha value is -3.85. The monoisotopic (exact) mass is 577 g/mol. The lowest BCUT2D eigenvalue weighted by Crippen LogP contribution is -2.45. The van der Waals surface area contributed by atoms with Crippen LogP contribution in [0.5, 0.6) is 0 Å². The van der Waals surface area contributed by atoms with Gasteiger partial charge in [-0.2, -0.15) is 0 Å². The summed E-state index contributed by atoms with van der Waals surface area (Å²) in [5.74, 6) is 0. The number of benzene rings is 3. The third kappa shape index (κ3) is 7.67. The molecule has 1 aliphatic rings. The lowest BCUT2D eigenvalue weighted by atomic mass is 10.0. The first-order chi connectivity index (χ1) is 19.5. The number of urea groups is 1. The van der Waals surface area contributed by atoms with E-state index in [1.165, 1.54) is 11.6 Å². The van der Waals surface area contributed by atoms with Crippen molar-refractivity contribution in [1.29, 1.82) is 0 Å². The van der Waals surface area contributed by atoms with Crippen molar-refractivity contribution in [1.82, 2.24) is 9.62 Å². The summed E-state index contributed by atoms with van der Waals surface area (Å²) in [7, 11) is -4.18. The van der Waals surface area contributed by atoms with Crippen LogP contribution < -0.4 is 9.62 Å². The van der Waals surface area contributed by atoms with Crippen molar-refractivity contribution >= 4 is 27.8 Å². The zero-order valence-electron chi connectivity index (χ0n) is 24.2. The van der Waals surface area contributed by atoms with Crippen LogP contribution in [0.15, 0.2) is 77.7 Å². The molecule has 0 saturated carbocycles. The predicted octanol–water partition coefficient (Wildman–Crippen LogP) is 6.74. The van der Waals surface area contributed by atoms with Crippen LogP contribution in [-0.2, 0) is 27.7 Å². The van der Waals surface area contributed by atoms with Gasteiger partial charge in [-0.15, -0.1) is 0 Å². The molecule has 1 N–H and O–H groups in total. The quantitative estimate of drug-likeness (QED) is 0.320. The highest BCUT2D eigenvalue weighted by molar-refractivity contribution is 7.90. The molecule has 0 aliphatic carbocycles. The predicted molar refractivity (Wildman–Crippen MR) is 161 cm³/mol. The molecule has 0 bridgehead atoms. The summed E-state index contributed by atoms with van der Waals surface area (Å²) in [4.78, 5) is 29.7. The highest BCUT2D eigenvalue weighted by Gasteiger charge is 2.27. The first-order valence-electron chi connectivity index (χ1n) is 14.1. The topological polar surface area (TPSA) is 96.0 Å². The van der Waals surface area contributed by atoms with Crippen molar-refractivity contribution in [3.63, 3.8) is 0 Å². The second kappa shape index (κ2) is 12.8. The molecular formula is C32H39N3O5S. The van der Waals surface area contributed by atoms with Gasteiger partial charge in [-0.25, -0.2) is 22.7 Å². The minimum absolute atomic E-state index is 0.000618. The Balaban J connectivity index is 1.54. The molecule has 0 radical (unpaired) electrons. The number of sulfonamides is 1. The minimum Gasteiger partial charge on any atom is -0.443 e. The lowest BCUT2D eigenvalue weighted by molar-refractivity contribution is 0.0570. The van der Waals surface area contributed by atoms with Gasteiger partial charge in [0.2, 0.25) is 0 Å². The molecule has 1 aliphatic heterocycles. The summed E-state index contributed by atoms with van der Waals surface area (Å²) in [5.41, 5.74) is 3.42. The van der Waals surface area contributed by atoms with Crippen LogP contribution in [0, 0.1) is 0 Å². The van der Waals surface area contributed by atoms with Gasteiger partial charge in [-0.05, 0) is 68.9 Å². The number of carbonyl (C=O) groups excluding carboxylic acids is 2. The molecule has 0 fully saturated rings. The first-order valence-corrected chi connectivity index (χ1v) is 15.6. The second-order valence-corrected chi connectivity index (χ2v) is 12.9. The number of carbonyl (C=O) groups is 2. The standard InChI is InChI=1S/C32H39N3O5S/c1-5-6-21-34(31(37)35-22-11-13-26-12-7-9-15-28(26)35)23-24-17-19-25(20-18-24)27-14-8-10-16-29(27)41(38,39)33-30(36)40-32(2,3)4/h7-10,12,14-20H,5-6,11,13,21-23H2,1-4H3,(H,33,36). The number of hydrogen-bond donors (Lipinski definition) is 1. The first kappa shape index (κ1) is 30.1. The van der Waals surface area contributed by atoms with E-state index in [0.29, 0.717) is 30.8 Å². The zero-order valence-corrected chi connectivity index (χ0v) is 25.0. The van der Waals surface area contributed by atoms with Gasteiger partial charge in [0.05, 0.1) is 4.90 Å². The second-order valence-electron chi connectivity index (χ2n) is 11.2. The van der Waals surface area contributed by atoms with Crippen molar-refractivity contribution in [2.45, 2.75) is 70.4 Å². The van der Waals surface area contributed by atoms with Gasteiger partial charge in [-0.1, -0.05) is 74.0 Å². The Morgan fingerprint density at radius 3 is 2.37 bits per heavy atom. The fourth-order valence-electron chi connectivity index (χ4n) is 4.91. The van der Waals surface area contributed by atoms with Crippen LogP contribution in [0.1, 0.15) is 58.1 Å². The minimum atomic E-state index is -4.18. The SMILES string of the molecule is CCCCN(Cc1ccc(-c2ccccc2S(=O)(=O)NC(=O)OC(C)(C)C)cc1)C(=O)N1CCCc2ccccc21. The average molecular weight is 578 g/mol. The van der Waals surface area contributed by atoms with E-state index in [9.17, 15) is 18.0 Å². The number of unbranched alkanes of at least 4 members (excludes halogenated alkanes) is 1. The van der Waals surface area contributed by atoms with E-state index in [-0.39, 0.29) is 10.9 Å². The summed E-state index contributed by atoms with van der Waals surface area (Å²) in [6.45, 7) is 8.88. The van der Waals surface area contributed by atoms with E-state index in [2.05, 4.69) is 13.0 Å². The summed E-state index contributed by atoms with van der Waals surface area (Å²) >= 11 is 0. The molecule has 0 aromatic heterocycles. The largest absolute Gasteiger partial charge is 0.443 e. The third-order valence-electron chi connectivity index (χ3n) is 6.82. The van der Waals surface area contributed by atoms with E-state index in [1.807, 2.05) is 57.0 Å². The van der Waals surface area contributed by atoms with E-state index in [0.717, 1.165) is 36.9 Å². The molecule has 3 aromatic carbocycles. The number of nitrogens with one attached hydrogen (secondary N) is 1. The summed E-state index contributed by atoms with van der Waals surface area (Å²) in [5, 5.41) is 0. The molecular weight excluding hydrogens is 538 g/mol. The van der Waals surface area contributed by atoms with Crippen molar-refractivity contribution < 1.29 is 22.7 Å². The maximum atomic E-state index is 13.7. The number of aryl methyl sites for hydroxylation is 1. The smallest absolute Gasteiger partial charge is 0.421 e. The third-order valence-corrected chi connectivity index (χ3v) is 8.20. The fraction of sp³-hybridized carbons (Fsp3) is 0.375. The summed E-state index contributed by atoms with van der Waals surface area (Å²) in [6, 6.07) is 22.1. The molecule has 3 aromatic rings. The lowest BCUT2D eigenvalue weighted by Gasteiger charge is -2.34. The molecule has 3 amide bonds. The highest BCUT2D eigenvalue weighted by Crippen LogP contribution is 2.30. The molecule has 0 unspecified atom stereocenters. The molecule has 9 heteroatoms. The van der Waals surface area contributed by atoms with Crippen LogP contribution in [-0.4, -0.2) is 44.1 Å². The van der Waals surface area contributed by atoms with Gasteiger partial charge >= 0.3 is 12.1 Å². The van der Waals surface area contributed by atoms with E-state index < -0.39 is 21.7 Å². The normalized spacial score (nSPS) is 13.3. The van der Waals surface area contributed by atoms with Crippen molar-refractivity contribution in [2.75, 3.05) is 18.0 Å². The van der Waals surface area contributed by atoms with Gasteiger partial charge in [0.25, 0.3) is 10.0 Å². The maximum absolute atomic E-state index is 13.7. The fourth-order valence-corrected chi connectivity index (χ4v) is 6.01. The zero-order chi connectivity index (χ0) is 29.6. The van der Waals surface area contributed by atoms with Gasteiger partial charge in [-0.3, -0.25) is 4.90 Å². The van der Waals surface area contributed by atoms with Gasteiger partial charge in [0.1, 0.15) is 5.60 Å². The number of fused-ring (bicyclic) bond motifs is 1. The molecule has 4 rings (SSSR count). The van der Waals surface area contributed by atoms with E-state index >= 15 is 0 Å². The average Bonchev–Trinajstić information content (AvgIpc) is 2.93. The van der Waals surface area contributed by atoms with Crippen LogP contribution in [0.3, 0.4) is 0 Å². The molecule has 41 heavy (non-hydrogen) atoms. The Kier molecular flexibility index (Phi) is 9.38. The van der Waals surface area contributed by atoms with Crippen LogP contribution in [0.4, 0.5) is 15.3 Å². The van der Waals surface area contributed by atoms with Crippen LogP contribution in [0.25, 0.3) is 11.1 Å². The van der Waals surface area contributed by atoms with Crippen molar-refractivity contribution in [2.24, 2.45) is 0 Å². The van der Waals surface area contributed by atoms with Gasteiger partial charge in [0, 0.05) is 30.9 Å². The molecule has 218 valence electrons. The molecule has 8 nitrogen and oxygen atoms in total. The Morgan fingerprint density at radius 1 is 0.976 bits per heavy atom. The number of para-hydroxylation sites is 1. The number of ether oxygens (including phenoxy) is 1. The Morgan fingerprint density at radius 2 is 1.66 bits per heavy atom. The van der Waals surface area contributed by atoms with Crippen molar-refractivity contribution in [3.05, 3.63) is 83.9 Å². The number of hydrogen-bond acceptors (Lipinski definition) is 5. The molecule has 0 saturated heterocycles. The van der Waals surface area contributed by atoms with Crippen LogP contribution in [0.2, 0.25) is 0 Å². The number of nitrogens with zero attached hydrogens (tertiary/aromatic N) is 2. The van der Waals surface area contributed by atoms with E-state index in [1.54, 1.807) is 39.0 Å². The number of anilines is 1. The summed E-state index contributed by atoms with van der Waals surface area (Å²) < 4.78 is 33.3. The molecule has 0 spiro atoms. The Bertz CT molecular complexity index is 1480. The summed E-state index contributed by atoms with van der Waals surface area (Å²) in [6.07, 6.45) is 2.75. The van der Waals surface area contributed by atoms with Gasteiger partial charge in [0.15, 0.2) is 0 Å². The maximum Gasteiger partial charge on any atom is 0.421 e. The molecule has 1 heterocycles. The van der Waals surface area contributed by atoms with Crippen molar-refractivity contribution in [3.8, 4) is 11.1 Å². The van der Waals surface area contributed by atoms with Gasteiger partial charge < -0.3 is 9.64 Å². The molecule has 0 atom stereocenters. The van der Waals surface area contributed by atoms with Crippen LogP contribution >= 0.6 is 0 Å². The number of rotatable bonds is 8. The Labute approximate surface area is 243 Å². The highest BCUT2D eigenvalue weighted by atomic mass is 32.2.